The second-order valence-corrected chi connectivity index (χ2v) is 4.17. The molecule has 0 bridgehead atoms. The van der Waals surface area contributed by atoms with Crippen molar-refractivity contribution < 1.29 is 14.3 Å². The van der Waals surface area contributed by atoms with Gasteiger partial charge in [0.2, 0.25) is 0 Å². The van der Waals surface area contributed by atoms with Crippen LogP contribution in [0.15, 0.2) is 67.3 Å². The van der Waals surface area contributed by atoms with E-state index in [4.69, 9.17) is 9.47 Å². The van der Waals surface area contributed by atoms with E-state index in [2.05, 4.69) is 6.58 Å². The predicted molar refractivity (Wildman–Crippen MR) is 77.8 cm³/mol. The van der Waals surface area contributed by atoms with Gasteiger partial charge in [0, 0.05) is 5.56 Å². The zero-order valence-corrected chi connectivity index (χ0v) is 11.1. The maximum absolute atomic E-state index is 11.7. The molecule has 0 saturated carbocycles. The minimum Gasteiger partial charge on any atom is -0.461 e. The van der Waals surface area contributed by atoms with Gasteiger partial charge >= 0.3 is 5.97 Å². The largest absolute Gasteiger partial charge is 0.461 e. The molecule has 0 spiro atoms. The summed E-state index contributed by atoms with van der Waals surface area (Å²) in [6.45, 7) is 3.73. The lowest BCUT2D eigenvalue weighted by Gasteiger charge is -2.10. The molecule has 0 N–H and O–H groups in total. The second kappa shape index (κ2) is 7.14. The quantitative estimate of drug-likeness (QED) is 0.591. The van der Waals surface area contributed by atoms with Crippen molar-refractivity contribution in [2.45, 2.75) is 6.42 Å². The van der Waals surface area contributed by atoms with Crippen molar-refractivity contribution in [3.63, 3.8) is 0 Å². The van der Waals surface area contributed by atoms with E-state index in [-0.39, 0.29) is 19.0 Å². The molecule has 0 saturated heterocycles. The predicted octanol–water partition coefficient (Wildman–Crippen LogP) is 3.75. The van der Waals surface area contributed by atoms with Gasteiger partial charge in [-0.15, -0.1) is 0 Å². The molecule has 102 valence electrons. The lowest BCUT2D eigenvalue weighted by molar-refractivity contribution is -0.141. The molecule has 0 aliphatic heterocycles. The van der Waals surface area contributed by atoms with Gasteiger partial charge in [0.05, 0.1) is 6.42 Å². The fourth-order valence-corrected chi connectivity index (χ4v) is 1.72. The van der Waals surface area contributed by atoms with Gasteiger partial charge in [-0.05, 0) is 18.2 Å². The van der Waals surface area contributed by atoms with Gasteiger partial charge in [-0.25, -0.2) is 0 Å². The second-order valence-electron chi connectivity index (χ2n) is 4.17. The molecule has 0 aliphatic rings. The number of para-hydroxylation sites is 2. The lowest BCUT2D eigenvalue weighted by atomic mass is 10.1. The van der Waals surface area contributed by atoms with Crippen molar-refractivity contribution in [3.8, 4) is 11.5 Å². The molecule has 2 rings (SSSR count). The van der Waals surface area contributed by atoms with Crippen LogP contribution in [0, 0.1) is 0 Å². The highest BCUT2D eigenvalue weighted by Crippen LogP contribution is 2.25. The van der Waals surface area contributed by atoms with Crippen molar-refractivity contribution in [2.24, 2.45) is 0 Å². The molecule has 0 radical (unpaired) electrons. The Labute approximate surface area is 118 Å². The van der Waals surface area contributed by atoms with Crippen LogP contribution in [0.3, 0.4) is 0 Å². The summed E-state index contributed by atoms with van der Waals surface area (Å²) in [5.41, 5.74) is 0.797. The van der Waals surface area contributed by atoms with Crippen LogP contribution in [0.4, 0.5) is 0 Å². The molecule has 20 heavy (non-hydrogen) atoms. The van der Waals surface area contributed by atoms with Gasteiger partial charge in [-0.2, -0.15) is 0 Å². The summed E-state index contributed by atoms with van der Waals surface area (Å²) >= 11 is 0. The van der Waals surface area contributed by atoms with Crippen molar-refractivity contribution in [3.05, 3.63) is 72.8 Å². The molecule has 0 heterocycles. The maximum atomic E-state index is 11.7. The van der Waals surface area contributed by atoms with E-state index in [9.17, 15) is 4.79 Å². The zero-order valence-electron chi connectivity index (χ0n) is 11.1. The Hall–Kier alpha value is -2.55. The van der Waals surface area contributed by atoms with Crippen LogP contribution in [0.2, 0.25) is 0 Å². The fraction of sp³-hybridized carbons (Fsp3) is 0.118. The molecule has 0 atom stereocenters. The Bertz CT molecular complexity index is 576. The van der Waals surface area contributed by atoms with Gasteiger partial charge in [0.1, 0.15) is 18.1 Å². The first-order valence-corrected chi connectivity index (χ1v) is 6.37. The van der Waals surface area contributed by atoms with E-state index in [1.807, 2.05) is 54.6 Å². The molecule has 0 unspecified atom stereocenters. The monoisotopic (exact) mass is 268 g/mol. The number of carbonyl (C=O) groups is 1. The third kappa shape index (κ3) is 3.99. The molecular weight excluding hydrogens is 252 g/mol. The maximum Gasteiger partial charge on any atom is 0.310 e. The van der Waals surface area contributed by atoms with Crippen molar-refractivity contribution >= 4 is 5.97 Å². The van der Waals surface area contributed by atoms with Crippen molar-refractivity contribution in [2.75, 3.05) is 6.61 Å². The number of ether oxygens (including phenoxy) is 2. The molecule has 3 nitrogen and oxygen atoms in total. The van der Waals surface area contributed by atoms with E-state index in [1.54, 1.807) is 6.08 Å². The van der Waals surface area contributed by atoms with Crippen LogP contribution in [0.25, 0.3) is 0 Å². The Morgan fingerprint density at radius 1 is 1.05 bits per heavy atom. The topological polar surface area (TPSA) is 35.5 Å². The number of hydrogen-bond acceptors (Lipinski definition) is 3. The summed E-state index contributed by atoms with van der Waals surface area (Å²) in [5.74, 6) is 1.10. The summed E-state index contributed by atoms with van der Waals surface area (Å²) in [7, 11) is 0. The molecular formula is C17H16O3. The molecule has 0 fully saturated rings. The highest BCUT2D eigenvalue weighted by Gasteiger charge is 2.10. The molecule has 0 amide bonds. The lowest BCUT2D eigenvalue weighted by Crippen LogP contribution is -2.08. The summed E-state index contributed by atoms with van der Waals surface area (Å²) < 4.78 is 10.8. The highest BCUT2D eigenvalue weighted by molar-refractivity contribution is 5.73. The highest BCUT2D eigenvalue weighted by atomic mass is 16.5. The summed E-state index contributed by atoms with van der Waals surface area (Å²) in [6, 6.07) is 16.9. The standard InChI is InChI=1S/C17H16O3/c1-2-12-19-17(18)13-14-8-6-7-11-16(14)20-15-9-4-3-5-10-15/h2-11H,1,12-13H2. The smallest absolute Gasteiger partial charge is 0.310 e. The third-order valence-electron chi connectivity index (χ3n) is 2.64. The van der Waals surface area contributed by atoms with E-state index < -0.39 is 0 Å². The number of benzene rings is 2. The van der Waals surface area contributed by atoms with E-state index in [1.165, 1.54) is 0 Å². The minimum atomic E-state index is -0.297. The van der Waals surface area contributed by atoms with E-state index in [0.29, 0.717) is 5.75 Å². The first kappa shape index (κ1) is 13.9. The van der Waals surface area contributed by atoms with Crippen LogP contribution < -0.4 is 4.74 Å². The van der Waals surface area contributed by atoms with Crippen LogP contribution in [-0.2, 0) is 16.0 Å². The van der Waals surface area contributed by atoms with Gasteiger partial charge in [-0.3, -0.25) is 4.79 Å². The Morgan fingerprint density at radius 2 is 1.75 bits per heavy atom. The van der Waals surface area contributed by atoms with Crippen molar-refractivity contribution in [1.82, 2.24) is 0 Å². The number of esters is 1. The van der Waals surface area contributed by atoms with Gasteiger partial charge in [-0.1, -0.05) is 49.1 Å². The average molecular weight is 268 g/mol. The normalized spacial score (nSPS) is 9.80. The van der Waals surface area contributed by atoms with Crippen LogP contribution in [0.1, 0.15) is 5.56 Å². The van der Waals surface area contributed by atoms with E-state index in [0.717, 1.165) is 11.3 Å². The molecule has 2 aromatic rings. The fourth-order valence-electron chi connectivity index (χ4n) is 1.72. The first-order valence-electron chi connectivity index (χ1n) is 6.37. The van der Waals surface area contributed by atoms with Crippen molar-refractivity contribution in [1.29, 1.82) is 0 Å². The Kier molecular flexibility index (Phi) is 4.95. The molecule has 0 aromatic heterocycles. The minimum absolute atomic E-state index is 0.177. The summed E-state index contributed by atoms with van der Waals surface area (Å²) in [5, 5.41) is 0. The number of carbonyl (C=O) groups excluding carboxylic acids is 1. The number of rotatable bonds is 6. The van der Waals surface area contributed by atoms with E-state index >= 15 is 0 Å². The van der Waals surface area contributed by atoms with Crippen LogP contribution in [0.5, 0.6) is 11.5 Å². The summed E-state index contributed by atoms with van der Waals surface area (Å²) in [6.07, 6.45) is 1.72. The Balaban J connectivity index is 2.10. The molecule has 0 aliphatic carbocycles. The third-order valence-corrected chi connectivity index (χ3v) is 2.64. The zero-order chi connectivity index (χ0) is 14.2. The first-order chi connectivity index (χ1) is 9.79. The molecule has 3 heteroatoms. The van der Waals surface area contributed by atoms with Crippen LogP contribution >= 0.6 is 0 Å². The van der Waals surface area contributed by atoms with Gasteiger partial charge < -0.3 is 9.47 Å². The van der Waals surface area contributed by atoms with Gasteiger partial charge in [0.15, 0.2) is 0 Å². The SMILES string of the molecule is C=CCOC(=O)Cc1ccccc1Oc1ccccc1. The molecule has 2 aromatic carbocycles. The Morgan fingerprint density at radius 3 is 2.50 bits per heavy atom. The average Bonchev–Trinajstić information content (AvgIpc) is 2.48. The van der Waals surface area contributed by atoms with Crippen LogP contribution in [-0.4, -0.2) is 12.6 Å². The van der Waals surface area contributed by atoms with Gasteiger partial charge in [0.25, 0.3) is 0 Å². The number of hydrogen-bond donors (Lipinski definition) is 0. The summed E-state index contributed by atoms with van der Waals surface area (Å²) in [4.78, 5) is 11.7.